The van der Waals surface area contributed by atoms with Gasteiger partial charge in [-0.3, -0.25) is 9.79 Å². The van der Waals surface area contributed by atoms with Crippen LogP contribution in [0.3, 0.4) is 0 Å². The Balaban J connectivity index is 1.63. The lowest BCUT2D eigenvalue weighted by Gasteiger charge is -2.24. The number of likely N-dealkylation sites (tertiary alicyclic amines) is 1. The second-order valence-corrected chi connectivity index (χ2v) is 7.37. The topological polar surface area (TPSA) is 47.9 Å². The van der Waals surface area contributed by atoms with Gasteiger partial charge >= 0.3 is 0 Å². The van der Waals surface area contributed by atoms with Crippen molar-refractivity contribution >= 4 is 11.9 Å². The van der Waals surface area contributed by atoms with Crippen LogP contribution >= 0.6 is 0 Å². The number of hydrogen-bond acceptors (Lipinski definition) is 2. The normalized spacial score (nSPS) is 14.5. The fraction of sp³-hybridized carbons (Fsp3) is 0.391. The van der Waals surface area contributed by atoms with E-state index < -0.39 is 0 Å². The highest BCUT2D eigenvalue weighted by Gasteiger charge is 2.21. The summed E-state index contributed by atoms with van der Waals surface area (Å²) in [5.41, 5.74) is 4.97. The number of guanidine groups is 1. The molecule has 1 amide bonds. The Morgan fingerprint density at radius 3 is 2.43 bits per heavy atom. The molecule has 1 heterocycles. The highest BCUT2D eigenvalue weighted by atomic mass is 16.2. The van der Waals surface area contributed by atoms with Gasteiger partial charge in [-0.05, 0) is 35.6 Å². The summed E-state index contributed by atoms with van der Waals surface area (Å²) in [6.45, 7) is 5.17. The Morgan fingerprint density at radius 2 is 1.79 bits per heavy atom. The zero-order valence-corrected chi connectivity index (χ0v) is 17.1. The van der Waals surface area contributed by atoms with E-state index in [-0.39, 0.29) is 5.91 Å². The number of aryl methyl sites for hydroxylation is 1. The van der Waals surface area contributed by atoms with Gasteiger partial charge in [0.15, 0.2) is 5.96 Å². The van der Waals surface area contributed by atoms with Gasteiger partial charge in [-0.1, -0.05) is 48.5 Å². The fourth-order valence-electron chi connectivity index (χ4n) is 3.64. The summed E-state index contributed by atoms with van der Waals surface area (Å²) in [6, 6.07) is 16.7. The van der Waals surface area contributed by atoms with Gasteiger partial charge in [0, 0.05) is 46.7 Å². The summed E-state index contributed by atoms with van der Waals surface area (Å²) in [4.78, 5) is 20.5. The number of carbonyl (C=O) groups is 1. The van der Waals surface area contributed by atoms with Crippen LogP contribution in [0.1, 0.15) is 35.1 Å². The molecule has 0 aliphatic carbocycles. The first-order chi connectivity index (χ1) is 13.6. The van der Waals surface area contributed by atoms with Crippen LogP contribution < -0.4 is 5.32 Å². The second-order valence-electron chi connectivity index (χ2n) is 7.37. The predicted molar refractivity (Wildman–Crippen MR) is 114 cm³/mol. The smallest absolute Gasteiger partial charge is 0.222 e. The zero-order valence-electron chi connectivity index (χ0n) is 17.1. The maximum absolute atomic E-state index is 12.0. The molecule has 1 saturated heterocycles. The third kappa shape index (κ3) is 4.91. The van der Waals surface area contributed by atoms with E-state index in [1.165, 1.54) is 22.3 Å². The first-order valence-corrected chi connectivity index (χ1v) is 9.89. The largest absolute Gasteiger partial charge is 0.352 e. The summed E-state index contributed by atoms with van der Waals surface area (Å²) in [6.07, 6.45) is 1.65. The minimum Gasteiger partial charge on any atom is -0.352 e. The Kier molecular flexibility index (Phi) is 6.69. The van der Waals surface area contributed by atoms with Gasteiger partial charge in [-0.25, -0.2) is 0 Å². The molecule has 0 unspecified atom stereocenters. The van der Waals surface area contributed by atoms with E-state index in [1.807, 2.05) is 24.1 Å². The van der Waals surface area contributed by atoms with E-state index >= 15 is 0 Å². The monoisotopic (exact) mass is 378 g/mol. The van der Waals surface area contributed by atoms with E-state index in [4.69, 9.17) is 0 Å². The summed E-state index contributed by atoms with van der Waals surface area (Å²) in [7, 11) is 3.86. The zero-order chi connectivity index (χ0) is 19.9. The molecule has 148 valence electrons. The third-order valence-corrected chi connectivity index (χ3v) is 5.33. The van der Waals surface area contributed by atoms with Gasteiger partial charge < -0.3 is 15.1 Å². The average Bonchev–Trinajstić information content (AvgIpc) is 3.10. The molecule has 1 fully saturated rings. The van der Waals surface area contributed by atoms with Crippen LogP contribution in [0, 0.1) is 6.92 Å². The molecule has 5 nitrogen and oxygen atoms in total. The molecular weight excluding hydrogens is 348 g/mol. The number of hydrogen-bond donors (Lipinski definition) is 1. The van der Waals surface area contributed by atoms with Crippen LogP contribution in [0.2, 0.25) is 0 Å². The number of amides is 1. The number of benzene rings is 2. The van der Waals surface area contributed by atoms with Crippen LogP contribution in [-0.2, 0) is 24.4 Å². The van der Waals surface area contributed by atoms with Crippen molar-refractivity contribution in [1.29, 1.82) is 0 Å². The first-order valence-electron chi connectivity index (χ1n) is 9.89. The van der Waals surface area contributed by atoms with Crippen LogP contribution in [-0.4, -0.2) is 42.3 Å². The second kappa shape index (κ2) is 9.40. The van der Waals surface area contributed by atoms with E-state index in [0.29, 0.717) is 19.5 Å². The van der Waals surface area contributed by atoms with Gasteiger partial charge in [0.2, 0.25) is 5.91 Å². The Hall–Kier alpha value is -2.82. The number of rotatable bonds is 6. The summed E-state index contributed by atoms with van der Waals surface area (Å²) >= 11 is 0. The SMILES string of the molecule is CN=C(NCc1ccccc1CN1CCCC1=O)N(C)Cc1ccccc1C. The molecule has 0 saturated carbocycles. The average molecular weight is 379 g/mol. The van der Waals surface area contributed by atoms with Crippen molar-refractivity contribution in [2.45, 2.75) is 39.4 Å². The van der Waals surface area contributed by atoms with E-state index in [9.17, 15) is 4.79 Å². The molecule has 1 aliphatic heterocycles. The molecular formula is C23H30N4O. The molecule has 2 aromatic carbocycles. The summed E-state index contributed by atoms with van der Waals surface area (Å²) < 4.78 is 0. The van der Waals surface area contributed by atoms with Crippen molar-refractivity contribution in [2.75, 3.05) is 20.6 Å². The van der Waals surface area contributed by atoms with E-state index in [0.717, 1.165) is 25.5 Å². The number of carbonyl (C=O) groups excluding carboxylic acids is 1. The van der Waals surface area contributed by atoms with Crippen molar-refractivity contribution < 1.29 is 4.79 Å². The highest BCUT2D eigenvalue weighted by molar-refractivity contribution is 5.80. The molecule has 28 heavy (non-hydrogen) atoms. The van der Waals surface area contributed by atoms with Gasteiger partial charge in [-0.15, -0.1) is 0 Å². The standard InChI is InChI=1S/C23H30N4O/c1-18-9-4-5-11-20(18)16-26(3)23(24-2)25-15-19-10-6-7-12-21(19)17-27-14-8-13-22(27)28/h4-7,9-12H,8,13-17H2,1-3H3,(H,24,25). The van der Waals surface area contributed by atoms with E-state index in [2.05, 4.69) is 65.6 Å². The van der Waals surface area contributed by atoms with Crippen LogP contribution in [0.4, 0.5) is 0 Å². The van der Waals surface area contributed by atoms with Crippen molar-refractivity contribution in [3.63, 3.8) is 0 Å². The van der Waals surface area contributed by atoms with Crippen molar-refractivity contribution in [3.8, 4) is 0 Å². The van der Waals surface area contributed by atoms with Gasteiger partial charge in [0.1, 0.15) is 0 Å². The fourth-order valence-corrected chi connectivity index (χ4v) is 3.64. The van der Waals surface area contributed by atoms with Crippen molar-refractivity contribution in [1.82, 2.24) is 15.1 Å². The lowest BCUT2D eigenvalue weighted by atomic mass is 10.1. The molecule has 0 bridgehead atoms. The van der Waals surface area contributed by atoms with Crippen LogP contribution in [0.5, 0.6) is 0 Å². The van der Waals surface area contributed by atoms with Gasteiger partial charge in [0.25, 0.3) is 0 Å². The Bertz CT molecular complexity index is 846. The molecule has 1 N–H and O–H groups in total. The maximum Gasteiger partial charge on any atom is 0.222 e. The minimum absolute atomic E-state index is 0.261. The quantitative estimate of drug-likeness (QED) is 0.620. The molecule has 3 rings (SSSR count). The first kappa shape index (κ1) is 19.9. The maximum atomic E-state index is 12.0. The molecule has 0 radical (unpaired) electrons. The Labute approximate surface area is 168 Å². The Morgan fingerprint density at radius 1 is 1.11 bits per heavy atom. The molecule has 0 spiro atoms. The van der Waals surface area contributed by atoms with Crippen molar-refractivity contribution in [2.24, 2.45) is 4.99 Å². The summed E-state index contributed by atoms with van der Waals surface area (Å²) in [5.74, 6) is 1.12. The lowest BCUT2D eigenvalue weighted by molar-refractivity contribution is -0.128. The van der Waals surface area contributed by atoms with Gasteiger partial charge in [0.05, 0.1) is 0 Å². The molecule has 0 atom stereocenters. The molecule has 2 aromatic rings. The number of nitrogens with zero attached hydrogens (tertiary/aromatic N) is 3. The molecule has 5 heteroatoms. The lowest BCUT2D eigenvalue weighted by Crippen LogP contribution is -2.38. The minimum atomic E-state index is 0.261. The van der Waals surface area contributed by atoms with Crippen LogP contribution in [0.15, 0.2) is 53.5 Å². The van der Waals surface area contributed by atoms with Gasteiger partial charge in [-0.2, -0.15) is 0 Å². The number of nitrogens with one attached hydrogen (secondary N) is 1. The molecule has 0 aromatic heterocycles. The number of aliphatic imine (C=N–C) groups is 1. The third-order valence-electron chi connectivity index (χ3n) is 5.33. The van der Waals surface area contributed by atoms with E-state index in [1.54, 1.807) is 0 Å². The predicted octanol–water partition coefficient (Wildman–Crippen LogP) is 3.32. The van der Waals surface area contributed by atoms with Crippen LogP contribution in [0.25, 0.3) is 0 Å². The molecule has 1 aliphatic rings. The summed E-state index contributed by atoms with van der Waals surface area (Å²) in [5, 5.41) is 3.47. The van der Waals surface area contributed by atoms with Crippen molar-refractivity contribution in [3.05, 3.63) is 70.8 Å². The highest BCUT2D eigenvalue weighted by Crippen LogP contribution is 2.17.